The van der Waals surface area contributed by atoms with Gasteiger partial charge in [-0.1, -0.05) is 13.3 Å². The molecule has 0 bridgehead atoms. The van der Waals surface area contributed by atoms with Gasteiger partial charge in [-0.25, -0.2) is 4.98 Å². The molecule has 1 aliphatic heterocycles. The average Bonchev–Trinajstić information content (AvgIpc) is 3.16. The zero-order chi connectivity index (χ0) is 16.9. The monoisotopic (exact) mass is 324 g/mol. The molecule has 0 aliphatic carbocycles. The molecule has 124 valence electrons. The Labute approximate surface area is 141 Å². The fourth-order valence-electron chi connectivity index (χ4n) is 2.74. The van der Waals surface area contributed by atoms with Gasteiger partial charge in [0, 0.05) is 18.5 Å². The van der Waals surface area contributed by atoms with E-state index >= 15 is 0 Å². The maximum Gasteiger partial charge on any atom is 0.256 e. The van der Waals surface area contributed by atoms with E-state index in [1.807, 2.05) is 4.57 Å². The van der Waals surface area contributed by atoms with Crippen LogP contribution < -0.4 is 10.1 Å². The Morgan fingerprint density at radius 3 is 2.92 bits per heavy atom. The van der Waals surface area contributed by atoms with Crippen LogP contribution in [0.1, 0.15) is 48.1 Å². The standard InChI is InChI=1S/C18H20N4O2/c1-2-3-11-24-14-8-6-13(7-9-14)18(23)21-17-15(12-19)22-10-4-5-16(22)20-17/h6-9H,2-5,10-11H2,1H3,(H,21,23). The molecule has 6 heteroatoms. The van der Waals surface area contributed by atoms with Crippen LogP contribution in [0.15, 0.2) is 24.3 Å². The van der Waals surface area contributed by atoms with Gasteiger partial charge in [-0.3, -0.25) is 4.79 Å². The van der Waals surface area contributed by atoms with Crippen LogP contribution in [-0.4, -0.2) is 22.1 Å². The van der Waals surface area contributed by atoms with Crippen LogP contribution in [0.4, 0.5) is 5.82 Å². The lowest BCUT2D eigenvalue weighted by atomic mass is 10.2. The number of aryl methyl sites for hydroxylation is 1. The fraction of sp³-hybridized carbons (Fsp3) is 0.389. The molecule has 1 aromatic heterocycles. The van der Waals surface area contributed by atoms with Crippen LogP contribution >= 0.6 is 0 Å². The molecule has 0 radical (unpaired) electrons. The summed E-state index contributed by atoms with van der Waals surface area (Å²) in [6.45, 7) is 3.57. The number of carbonyl (C=O) groups is 1. The topological polar surface area (TPSA) is 79.9 Å². The lowest BCUT2D eigenvalue weighted by Crippen LogP contribution is -2.13. The Hall–Kier alpha value is -2.81. The minimum atomic E-state index is -0.275. The molecular formula is C18H20N4O2. The molecule has 3 rings (SSSR count). The quantitative estimate of drug-likeness (QED) is 0.828. The van der Waals surface area contributed by atoms with Crippen molar-refractivity contribution in [3.63, 3.8) is 0 Å². The summed E-state index contributed by atoms with van der Waals surface area (Å²) < 4.78 is 7.46. The molecule has 1 aliphatic rings. The predicted molar refractivity (Wildman–Crippen MR) is 90.1 cm³/mol. The molecule has 6 nitrogen and oxygen atoms in total. The molecule has 0 unspecified atom stereocenters. The number of nitrogens with one attached hydrogen (secondary N) is 1. The number of nitrogens with zero attached hydrogens (tertiary/aromatic N) is 3. The normalized spacial score (nSPS) is 12.5. The molecule has 0 saturated carbocycles. The van der Waals surface area contributed by atoms with E-state index in [4.69, 9.17) is 4.74 Å². The summed E-state index contributed by atoms with van der Waals surface area (Å²) in [7, 11) is 0. The van der Waals surface area contributed by atoms with Gasteiger partial charge >= 0.3 is 0 Å². The average molecular weight is 324 g/mol. The van der Waals surface area contributed by atoms with E-state index in [9.17, 15) is 10.1 Å². The smallest absolute Gasteiger partial charge is 0.256 e. The third kappa shape index (κ3) is 3.25. The second-order valence-corrected chi connectivity index (χ2v) is 5.77. The number of hydrogen-bond acceptors (Lipinski definition) is 4. The maximum atomic E-state index is 12.4. The van der Waals surface area contributed by atoms with E-state index in [1.165, 1.54) is 0 Å². The van der Waals surface area contributed by atoms with Gasteiger partial charge in [-0.15, -0.1) is 0 Å². The third-order valence-electron chi connectivity index (χ3n) is 4.05. The molecule has 1 amide bonds. The Balaban J connectivity index is 1.68. The predicted octanol–water partition coefficient (Wildman–Crippen LogP) is 3.13. The van der Waals surface area contributed by atoms with Gasteiger partial charge in [0.05, 0.1) is 6.61 Å². The summed E-state index contributed by atoms with van der Waals surface area (Å²) in [4.78, 5) is 16.7. The van der Waals surface area contributed by atoms with Gasteiger partial charge in [0.2, 0.25) is 0 Å². The number of anilines is 1. The highest BCUT2D eigenvalue weighted by Gasteiger charge is 2.22. The van der Waals surface area contributed by atoms with E-state index in [1.54, 1.807) is 24.3 Å². The van der Waals surface area contributed by atoms with Gasteiger partial charge in [0.15, 0.2) is 11.5 Å². The Bertz CT molecular complexity index is 772. The second-order valence-electron chi connectivity index (χ2n) is 5.77. The van der Waals surface area contributed by atoms with Gasteiger partial charge in [-0.2, -0.15) is 5.26 Å². The summed E-state index contributed by atoms with van der Waals surface area (Å²) in [5, 5.41) is 12.1. The zero-order valence-corrected chi connectivity index (χ0v) is 13.7. The molecule has 0 fully saturated rings. The number of imidazole rings is 1. The van der Waals surface area contributed by atoms with Crippen LogP contribution in [0.5, 0.6) is 5.75 Å². The number of benzene rings is 1. The number of hydrogen-bond donors (Lipinski definition) is 1. The first-order valence-corrected chi connectivity index (χ1v) is 8.26. The Morgan fingerprint density at radius 2 is 2.21 bits per heavy atom. The van der Waals surface area contributed by atoms with Crippen molar-refractivity contribution in [1.82, 2.24) is 9.55 Å². The fourth-order valence-corrected chi connectivity index (χ4v) is 2.74. The lowest BCUT2D eigenvalue weighted by molar-refractivity contribution is 0.102. The summed E-state index contributed by atoms with van der Waals surface area (Å²) in [5.74, 6) is 1.68. The van der Waals surface area contributed by atoms with Gasteiger partial charge in [-0.05, 0) is 37.1 Å². The maximum absolute atomic E-state index is 12.4. The first kappa shape index (κ1) is 16.1. The van der Waals surface area contributed by atoms with Crippen LogP contribution in [0.25, 0.3) is 0 Å². The summed E-state index contributed by atoms with van der Waals surface area (Å²) in [6, 6.07) is 9.13. The molecule has 0 atom stereocenters. The zero-order valence-electron chi connectivity index (χ0n) is 13.7. The van der Waals surface area contributed by atoms with Crippen LogP contribution in [0.3, 0.4) is 0 Å². The van der Waals surface area contributed by atoms with Crippen molar-refractivity contribution in [2.24, 2.45) is 0 Å². The summed E-state index contributed by atoms with van der Waals surface area (Å²) >= 11 is 0. The molecule has 1 N–H and O–H groups in total. The van der Waals surface area contributed by atoms with E-state index in [-0.39, 0.29) is 5.91 Å². The number of carbonyl (C=O) groups excluding carboxylic acids is 1. The van der Waals surface area contributed by atoms with Crippen LogP contribution in [0, 0.1) is 11.3 Å². The van der Waals surface area contributed by atoms with Crippen molar-refractivity contribution in [1.29, 1.82) is 5.26 Å². The number of rotatable bonds is 6. The number of nitriles is 1. The van der Waals surface area contributed by atoms with E-state index in [2.05, 4.69) is 23.3 Å². The number of unbranched alkanes of at least 4 members (excludes halogenated alkanes) is 1. The Morgan fingerprint density at radius 1 is 1.42 bits per heavy atom. The van der Waals surface area contributed by atoms with Crippen LogP contribution in [-0.2, 0) is 13.0 Å². The number of ether oxygens (including phenoxy) is 1. The highest BCUT2D eigenvalue weighted by atomic mass is 16.5. The minimum Gasteiger partial charge on any atom is -0.494 e. The largest absolute Gasteiger partial charge is 0.494 e. The van der Waals surface area contributed by atoms with Gasteiger partial charge < -0.3 is 14.6 Å². The van der Waals surface area contributed by atoms with Gasteiger partial charge in [0.25, 0.3) is 5.91 Å². The number of amides is 1. The van der Waals surface area contributed by atoms with E-state index in [0.29, 0.717) is 23.7 Å². The number of fused-ring (bicyclic) bond motifs is 1. The van der Waals surface area contributed by atoms with Gasteiger partial charge in [0.1, 0.15) is 17.6 Å². The third-order valence-corrected chi connectivity index (χ3v) is 4.05. The van der Waals surface area contributed by atoms with Crippen molar-refractivity contribution in [3.05, 3.63) is 41.3 Å². The SMILES string of the molecule is CCCCOc1ccc(C(=O)Nc2nc3n(c2C#N)CCC3)cc1. The first-order chi connectivity index (χ1) is 11.7. The van der Waals surface area contributed by atoms with Crippen molar-refractivity contribution < 1.29 is 9.53 Å². The summed E-state index contributed by atoms with van der Waals surface area (Å²) in [5.41, 5.74) is 0.935. The molecule has 0 spiro atoms. The molecule has 1 aromatic carbocycles. The highest BCUT2D eigenvalue weighted by Crippen LogP contribution is 2.23. The molecule has 2 heterocycles. The van der Waals surface area contributed by atoms with E-state index < -0.39 is 0 Å². The molecular weight excluding hydrogens is 304 g/mol. The second kappa shape index (κ2) is 7.18. The van der Waals surface area contributed by atoms with Crippen molar-refractivity contribution >= 4 is 11.7 Å². The Kier molecular flexibility index (Phi) is 4.80. The lowest BCUT2D eigenvalue weighted by Gasteiger charge is -2.07. The highest BCUT2D eigenvalue weighted by molar-refractivity contribution is 6.04. The first-order valence-electron chi connectivity index (χ1n) is 8.26. The molecule has 24 heavy (non-hydrogen) atoms. The van der Waals surface area contributed by atoms with Crippen molar-refractivity contribution in [2.45, 2.75) is 39.2 Å². The molecule has 2 aromatic rings. The van der Waals surface area contributed by atoms with E-state index in [0.717, 1.165) is 43.8 Å². The van der Waals surface area contributed by atoms with Crippen molar-refractivity contribution in [2.75, 3.05) is 11.9 Å². The number of aromatic nitrogens is 2. The van der Waals surface area contributed by atoms with Crippen molar-refractivity contribution in [3.8, 4) is 11.8 Å². The minimum absolute atomic E-state index is 0.275. The van der Waals surface area contributed by atoms with Crippen LogP contribution in [0.2, 0.25) is 0 Å². The summed E-state index contributed by atoms with van der Waals surface area (Å²) in [6.07, 6.45) is 3.92. The molecule has 0 saturated heterocycles.